The summed E-state index contributed by atoms with van der Waals surface area (Å²) in [4.78, 5) is 0. The Bertz CT molecular complexity index is 2650. The summed E-state index contributed by atoms with van der Waals surface area (Å²) in [6.45, 7) is 0. The normalized spacial score (nSPS) is 12.5. The first kappa shape index (κ1) is 20.6. The third kappa shape index (κ3) is 2.41. The number of benzene rings is 7. The molecule has 0 aliphatic heterocycles. The molecule has 0 amide bonds. The van der Waals surface area contributed by atoms with Gasteiger partial charge in [-0.3, -0.25) is 0 Å². The van der Waals surface area contributed by atoms with E-state index in [0.29, 0.717) is 0 Å². The van der Waals surface area contributed by atoms with Crippen molar-refractivity contribution in [3.05, 3.63) is 133 Å². The van der Waals surface area contributed by atoms with E-state index in [2.05, 4.69) is 142 Å². The predicted octanol–water partition coefficient (Wildman–Crippen LogP) is 10.2. The van der Waals surface area contributed by atoms with Crippen molar-refractivity contribution in [1.29, 1.82) is 0 Å². The van der Waals surface area contributed by atoms with Crippen LogP contribution in [0.5, 0.6) is 0 Å². The quantitative estimate of drug-likeness (QED) is 0.209. The van der Waals surface area contributed by atoms with Gasteiger partial charge in [0.15, 0.2) is 0 Å². The molecule has 10 aromatic rings. The average Bonchev–Trinajstić information content (AvgIpc) is 3.66. The van der Waals surface area contributed by atoms with Gasteiger partial charge in [0.2, 0.25) is 0 Å². The van der Waals surface area contributed by atoms with Crippen molar-refractivity contribution in [2.45, 2.75) is 0 Å². The van der Waals surface area contributed by atoms with Gasteiger partial charge in [-0.25, -0.2) is 0 Å². The largest absolute Gasteiger partial charge is 0.309 e. The number of hydrogen-bond donors (Lipinski definition) is 0. The fraction of sp³-hybridized carbons (Fsp3) is 0. The van der Waals surface area contributed by atoms with Crippen molar-refractivity contribution in [3.63, 3.8) is 0 Å². The zero-order valence-electron chi connectivity index (χ0n) is 21.6. The number of para-hydroxylation sites is 3. The van der Waals surface area contributed by atoms with Gasteiger partial charge in [0, 0.05) is 43.4 Å². The van der Waals surface area contributed by atoms with Crippen LogP contribution >= 0.6 is 0 Å². The number of aromatic nitrogens is 2. The Morgan fingerprint density at radius 1 is 0.350 bits per heavy atom. The summed E-state index contributed by atoms with van der Waals surface area (Å²) in [5.41, 5.74) is 7.55. The smallest absolute Gasteiger partial charge is 0.0626 e. The molecular weight excluding hydrogens is 484 g/mol. The molecule has 3 heterocycles. The number of rotatable bonds is 1. The first-order valence-corrected chi connectivity index (χ1v) is 13.9. The lowest BCUT2D eigenvalue weighted by molar-refractivity contribution is 1.19. The van der Waals surface area contributed by atoms with Crippen LogP contribution in [0.15, 0.2) is 133 Å². The molecule has 2 heteroatoms. The van der Waals surface area contributed by atoms with Gasteiger partial charge in [0.25, 0.3) is 0 Å². The molecule has 0 bridgehead atoms. The van der Waals surface area contributed by atoms with Crippen LogP contribution in [-0.4, -0.2) is 8.97 Å². The average molecular weight is 507 g/mol. The molecule has 3 aromatic heterocycles. The Kier molecular flexibility index (Phi) is 3.70. The highest BCUT2D eigenvalue weighted by Gasteiger charge is 2.22. The molecule has 0 aliphatic rings. The van der Waals surface area contributed by atoms with Crippen molar-refractivity contribution < 1.29 is 0 Å². The lowest BCUT2D eigenvalue weighted by Crippen LogP contribution is -1.95. The van der Waals surface area contributed by atoms with Crippen LogP contribution in [0.25, 0.3) is 87.1 Å². The van der Waals surface area contributed by atoms with Gasteiger partial charge in [-0.15, -0.1) is 0 Å². The van der Waals surface area contributed by atoms with Crippen molar-refractivity contribution >= 4 is 81.4 Å². The summed E-state index contributed by atoms with van der Waals surface area (Å²) in [6, 6.07) is 49.2. The minimum Gasteiger partial charge on any atom is -0.309 e. The lowest BCUT2D eigenvalue weighted by Gasteiger charge is -2.12. The first-order valence-electron chi connectivity index (χ1n) is 13.9. The highest BCUT2D eigenvalue weighted by molar-refractivity contribution is 6.34. The molecular formula is C38H22N2. The van der Waals surface area contributed by atoms with Gasteiger partial charge in [-0.1, -0.05) is 103 Å². The number of hydrogen-bond acceptors (Lipinski definition) is 0. The maximum absolute atomic E-state index is 2.49. The molecule has 0 radical (unpaired) electrons. The number of fused-ring (bicyclic) bond motifs is 13. The van der Waals surface area contributed by atoms with E-state index in [4.69, 9.17) is 0 Å². The van der Waals surface area contributed by atoms with E-state index in [-0.39, 0.29) is 0 Å². The van der Waals surface area contributed by atoms with Crippen molar-refractivity contribution in [1.82, 2.24) is 8.97 Å². The summed E-state index contributed by atoms with van der Waals surface area (Å²) in [5.74, 6) is 0. The van der Waals surface area contributed by atoms with E-state index < -0.39 is 0 Å². The summed E-state index contributed by atoms with van der Waals surface area (Å²) in [6.07, 6.45) is 0. The molecule has 0 atom stereocenters. The molecule has 0 fully saturated rings. The standard InChI is InChI=1S/C38H22N2/c1-2-9-25-22-26(19-16-23(25)8-1)39-32-14-5-3-11-28(32)30-20-17-24-18-21-34-36(35(24)38(30)39)31-13-7-12-29-27-10-4-6-15-33(27)40(34)37(29)31/h1-22H. The second kappa shape index (κ2) is 7.19. The second-order valence-corrected chi connectivity index (χ2v) is 11.0. The van der Waals surface area contributed by atoms with Gasteiger partial charge in [0.05, 0.1) is 27.6 Å². The van der Waals surface area contributed by atoms with Crippen LogP contribution < -0.4 is 0 Å². The Labute approximate surface area is 229 Å². The van der Waals surface area contributed by atoms with Crippen LogP contribution in [0.4, 0.5) is 0 Å². The minimum absolute atomic E-state index is 1.19. The van der Waals surface area contributed by atoms with Gasteiger partial charge in [-0.2, -0.15) is 0 Å². The predicted molar refractivity (Wildman–Crippen MR) is 170 cm³/mol. The first-order chi connectivity index (χ1) is 19.9. The van der Waals surface area contributed by atoms with E-state index in [1.54, 1.807) is 0 Å². The Morgan fingerprint density at radius 3 is 1.90 bits per heavy atom. The second-order valence-electron chi connectivity index (χ2n) is 11.0. The summed E-state index contributed by atoms with van der Waals surface area (Å²) in [5, 5.41) is 13.0. The fourth-order valence-corrected chi connectivity index (χ4v) is 7.37. The van der Waals surface area contributed by atoms with E-state index in [1.165, 1.54) is 87.1 Å². The number of nitrogens with zero attached hydrogens (tertiary/aromatic N) is 2. The SMILES string of the molecule is c1ccc2cc(-n3c4ccccc4c4ccc5ccc6c(c7cccc8c9ccccc9n6c87)c5c43)ccc2c1. The van der Waals surface area contributed by atoms with Crippen LogP contribution in [0, 0.1) is 0 Å². The van der Waals surface area contributed by atoms with E-state index in [1.807, 2.05) is 0 Å². The summed E-state index contributed by atoms with van der Waals surface area (Å²) < 4.78 is 4.97. The summed E-state index contributed by atoms with van der Waals surface area (Å²) in [7, 11) is 0. The third-order valence-electron chi connectivity index (χ3n) is 8.99. The van der Waals surface area contributed by atoms with E-state index in [0.717, 1.165) is 0 Å². The topological polar surface area (TPSA) is 9.34 Å². The minimum atomic E-state index is 1.19. The zero-order valence-corrected chi connectivity index (χ0v) is 21.6. The molecule has 184 valence electrons. The van der Waals surface area contributed by atoms with Gasteiger partial charge >= 0.3 is 0 Å². The van der Waals surface area contributed by atoms with E-state index >= 15 is 0 Å². The van der Waals surface area contributed by atoms with Crippen molar-refractivity contribution in [3.8, 4) is 5.69 Å². The molecule has 40 heavy (non-hydrogen) atoms. The molecule has 2 nitrogen and oxygen atoms in total. The van der Waals surface area contributed by atoms with Crippen LogP contribution in [0.3, 0.4) is 0 Å². The van der Waals surface area contributed by atoms with Crippen LogP contribution in [-0.2, 0) is 0 Å². The fourth-order valence-electron chi connectivity index (χ4n) is 7.37. The molecule has 0 unspecified atom stereocenters. The maximum atomic E-state index is 2.49. The molecule has 0 saturated heterocycles. The van der Waals surface area contributed by atoms with Crippen molar-refractivity contribution in [2.75, 3.05) is 0 Å². The van der Waals surface area contributed by atoms with E-state index in [9.17, 15) is 0 Å². The molecule has 0 saturated carbocycles. The highest BCUT2D eigenvalue weighted by Crippen LogP contribution is 2.45. The van der Waals surface area contributed by atoms with Crippen molar-refractivity contribution in [2.24, 2.45) is 0 Å². The molecule has 10 rings (SSSR count). The monoisotopic (exact) mass is 506 g/mol. The molecule has 0 N–H and O–H groups in total. The summed E-state index contributed by atoms with van der Waals surface area (Å²) >= 11 is 0. The van der Waals surface area contributed by atoms with Gasteiger partial charge < -0.3 is 8.97 Å². The maximum Gasteiger partial charge on any atom is 0.0626 e. The Morgan fingerprint density at radius 2 is 1.00 bits per heavy atom. The third-order valence-corrected chi connectivity index (χ3v) is 8.99. The molecule has 0 spiro atoms. The molecule has 0 aliphatic carbocycles. The van der Waals surface area contributed by atoms with Crippen LogP contribution in [0.2, 0.25) is 0 Å². The Hall–Kier alpha value is -5.34. The highest BCUT2D eigenvalue weighted by atomic mass is 15.0. The lowest BCUT2D eigenvalue weighted by atomic mass is 9.99. The van der Waals surface area contributed by atoms with Crippen LogP contribution in [0.1, 0.15) is 0 Å². The Balaban J connectivity index is 1.49. The molecule has 7 aromatic carbocycles. The zero-order chi connectivity index (χ0) is 25.9. The van der Waals surface area contributed by atoms with Gasteiger partial charge in [0.1, 0.15) is 0 Å². The van der Waals surface area contributed by atoms with Gasteiger partial charge in [-0.05, 0) is 46.5 Å².